The Hall–Kier alpha value is -5.62. The van der Waals surface area contributed by atoms with E-state index in [0.717, 1.165) is 33.4 Å². The zero-order valence-electron chi connectivity index (χ0n) is 49.5. The second kappa shape index (κ2) is 44.8. The van der Waals surface area contributed by atoms with Crippen LogP contribution in [0.25, 0.3) is 0 Å². The van der Waals surface area contributed by atoms with E-state index in [1.165, 1.54) is 0 Å². The Morgan fingerprint density at radius 2 is 0.477 bits per heavy atom. The van der Waals surface area contributed by atoms with Gasteiger partial charge in [0.05, 0.1) is 152 Å². The van der Waals surface area contributed by atoms with Gasteiger partial charge in [0.15, 0.2) is 0 Å². The van der Waals surface area contributed by atoms with E-state index in [0.29, 0.717) is 52.9 Å². The van der Waals surface area contributed by atoms with Crippen molar-refractivity contribution in [1.82, 2.24) is 0 Å². The molecule has 0 saturated carbocycles. The molecule has 0 bridgehead atoms. The molecule has 0 aliphatic carbocycles. The minimum atomic E-state index is -1.04. The molecular weight excluding hydrogens is 1100 g/mol. The van der Waals surface area contributed by atoms with Crippen LogP contribution in [0.1, 0.15) is 33.4 Å². The topological polar surface area (TPSA) is 190 Å². The maximum atomic E-state index is 11.3. The van der Waals surface area contributed by atoms with Crippen LogP contribution in [0.15, 0.2) is 195 Å². The summed E-state index contributed by atoms with van der Waals surface area (Å²) in [4.78, 5) is 0. The predicted octanol–water partition coefficient (Wildman–Crippen LogP) is 8.53. The third kappa shape index (κ3) is 31.3. The molecule has 0 radical (unpaired) electrons. The summed E-state index contributed by atoms with van der Waals surface area (Å²) in [7, 11) is 0. The minimum Gasteiger partial charge on any atom is -0.394 e. The number of aliphatic hydroxyl groups is 3. The summed E-state index contributed by atoms with van der Waals surface area (Å²) in [5, 5.41) is 31.5. The zero-order chi connectivity index (χ0) is 60.2. The van der Waals surface area contributed by atoms with Gasteiger partial charge in [0.25, 0.3) is 0 Å². The number of aliphatic hydroxyl groups excluding tert-OH is 3. The molecule has 8 atom stereocenters. The molecule has 3 N–H and O–H groups in total. The molecule has 0 heterocycles. The molecule has 8 unspecified atom stereocenters. The molecule has 0 fully saturated rings. The molecule has 6 aromatic carbocycles. The first kappa shape index (κ1) is 69.5. The van der Waals surface area contributed by atoms with Crippen LogP contribution in [-0.4, -0.2) is 176 Å². The highest BCUT2D eigenvalue weighted by Crippen LogP contribution is 2.13. The first-order chi connectivity index (χ1) is 42.4. The van der Waals surface area contributed by atoms with Crippen LogP contribution in [0.4, 0.5) is 0 Å². The molecule has 0 aliphatic rings. The molecule has 0 aromatic heterocycles. The van der Waals surface area contributed by atoms with Gasteiger partial charge < -0.3 is 81.6 Å². The van der Waals surface area contributed by atoms with Gasteiger partial charge in [-0.05, 0) is 33.4 Å². The molecule has 6 aromatic rings. The second-order valence-corrected chi connectivity index (χ2v) is 20.5. The summed E-state index contributed by atoms with van der Waals surface area (Å²) in [5.41, 5.74) is 5.96. The van der Waals surface area contributed by atoms with Crippen molar-refractivity contribution in [2.45, 2.75) is 88.5 Å². The van der Waals surface area contributed by atoms with Crippen LogP contribution in [0.3, 0.4) is 0 Å². The number of benzene rings is 6. The lowest BCUT2D eigenvalue weighted by molar-refractivity contribution is -0.133. The van der Waals surface area contributed by atoms with Crippen LogP contribution < -0.4 is 0 Å². The Kier molecular flexibility index (Phi) is 36.2. The SMILES string of the molecule is C=CCOCC(COCC(COCC(COCC(COCC(CO)OCc1ccccc1)OCc1ccccc1)OCC(O)COCC(COCC(CO)OCc1ccccc1)OCc1ccccc1)OCc1ccccc1)OCc1ccccc1. The van der Waals surface area contributed by atoms with E-state index in [4.69, 9.17) is 66.3 Å². The monoisotopic (exact) mass is 1190 g/mol. The molecule has 6 rings (SSSR count). The van der Waals surface area contributed by atoms with Gasteiger partial charge in [-0.1, -0.05) is 188 Å². The lowest BCUT2D eigenvalue weighted by atomic mass is 10.2. The van der Waals surface area contributed by atoms with Crippen molar-refractivity contribution in [1.29, 1.82) is 0 Å². The quantitative estimate of drug-likeness (QED) is 0.0243. The van der Waals surface area contributed by atoms with Gasteiger partial charge >= 0.3 is 0 Å². The summed E-state index contributed by atoms with van der Waals surface area (Å²) < 4.78 is 86.4. The first-order valence-corrected chi connectivity index (χ1v) is 29.5. The Morgan fingerprint density at radius 1 is 0.267 bits per heavy atom. The molecule has 0 aliphatic heterocycles. The highest BCUT2D eigenvalue weighted by atomic mass is 16.6. The Labute approximate surface area is 508 Å². The van der Waals surface area contributed by atoms with Crippen LogP contribution >= 0.6 is 0 Å². The number of hydrogen-bond donors (Lipinski definition) is 3. The lowest BCUT2D eigenvalue weighted by Crippen LogP contribution is -2.36. The third-order valence-electron chi connectivity index (χ3n) is 13.1. The van der Waals surface area contributed by atoms with Crippen molar-refractivity contribution < 1.29 is 81.6 Å². The van der Waals surface area contributed by atoms with Crippen molar-refractivity contribution in [3.8, 4) is 0 Å². The van der Waals surface area contributed by atoms with Crippen LogP contribution in [0.2, 0.25) is 0 Å². The highest BCUT2D eigenvalue weighted by molar-refractivity contribution is 5.17. The van der Waals surface area contributed by atoms with Gasteiger partial charge in [-0.15, -0.1) is 6.58 Å². The van der Waals surface area contributed by atoms with Gasteiger partial charge in [0.2, 0.25) is 0 Å². The minimum absolute atomic E-state index is 0.0616. The number of rotatable bonds is 51. The molecule has 468 valence electrons. The summed E-state index contributed by atoms with van der Waals surface area (Å²) in [6.45, 7) is 7.37. The van der Waals surface area contributed by atoms with E-state index in [-0.39, 0.29) is 105 Å². The fourth-order valence-electron chi connectivity index (χ4n) is 8.33. The van der Waals surface area contributed by atoms with Crippen molar-refractivity contribution in [2.24, 2.45) is 0 Å². The smallest absolute Gasteiger partial charge is 0.105 e. The maximum Gasteiger partial charge on any atom is 0.105 e. The molecule has 17 nitrogen and oxygen atoms in total. The highest BCUT2D eigenvalue weighted by Gasteiger charge is 2.22. The molecule has 17 heteroatoms. The van der Waals surface area contributed by atoms with Crippen LogP contribution in [0, 0.1) is 0 Å². The van der Waals surface area contributed by atoms with E-state index < -0.39 is 42.7 Å². The van der Waals surface area contributed by atoms with Crippen molar-refractivity contribution in [3.63, 3.8) is 0 Å². The summed E-state index contributed by atoms with van der Waals surface area (Å²) in [6.07, 6.45) is -2.99. The third-order valence-corrected chi connectivity index (χ3v) is 13.1. The van der Waals surface area contributed by atoms with Gasteiger partial charge in [-0.3, -0.25) is 0 Å². The van der Waals surface area contributed by atoms with E-state index in [1.807, 2.05) is 182 Å². The summed E-state index contributed by atoms with van der Waals surface area (Å²) in [6, 6.07) is 58.9. The molecule has 0 amide bonds. The zero-order valence-corrected chi connectivity index (χ0v) is 49.5. The van der Waals surface area contributed by atoms with E-state index in [2.05, 4.69) is 6.58 Å². The normalized spacial score (nSPS) is 14.5. The summed E-state index contributed by atoms with van der Waals surface area (Å²) >= 11 is 0. The van der Waals surface area contributed by atoms with Crippen molar-refractivity contribution in [3.05, 3.63) is 228 Å². The van der Waals surface area contributed by atoms with Gasteiger partial charge in [-0.2, -0.15) is 0 Å². The predicted molar refractivity (Wildman–Crippen MR) is 326 cm³/mol. The van der Waals surface area contributed by atoms with Crippen molar-refractivity contribution in [2.75, 3.05) is 112 Å². The maximum absolute atomic E-state index is 11.3. The van der Waals surface area contributed by atoms with E-state index in [9.17, 15) is 15.3 Å². The largest absolute Gasteiger partial charge is 0.394 e. The standard InChI is InChI=1S/C69H90O17/c1-2-33-73-46-65(82-38-58-25-13-5-14-26-58)48-77-52-68(85-41-61-31-19-8-20-32-61)53-79-55-69(54-78-51-67(84-40-60-29-17-7-18-30-60)50-76-45-64(35-71)81-37-57-23-11-4-12-24-57)86-43-62(72)42-74-47-66(83-39-59-27-15-6-16-28-59)49-75-44-63(34-70)80-36-56-21-9-3-10-22-56/h2-32,62-72H,1,33-55H2. The number of hydrogen-bond acceptors (Lipinski definition) is 17. The number of ether oxygens (including phenoxy) is 14. The van der Waals surface area contributed by atoms with Crippen LogP contribution in [-0.2, 0) is 106 Å². The van der Waals surface area contributed by atoms with Gasteiger partial charge in [0.1, 0.15) is 48.8 Å². The lowest BCUT2D eigenvalue weighted by Gasteiger charge is -2.25. The fraction of sp³-hybridized carbons (Fsp3) is 0.449. The Morgan fingerprint density at radius 3 is 0.721 bits per heavy atom. The summed E-state index contributed by atoms with van der Waals surface area (Å²) in [5.74, 6) is 0. The molecule has 86 heavy (non-hydrogen) atoms. The second-order valence-electron chi connectivity index (χ2n) is 20.5. The average molecular weight is 1190 g/mol. The molecule has 0 spiro atoms. The Balaban J connectivity index is 1.07. The van der Waals surface area contributed by atoms with Crippen LogP contribution in [0.5, 0.6) is 0 Å². The first-order valence-electron chi connectivity index (χ1n) is 29.5. The van der Waals surface area contributed by atoms with Gasteiger partial charge in [0, 0.05) is 0 Å². The molecular formula is C69H90O17. The fourth-order valence-corrected chi connectivity index (χ4v) is 8.33. The average Bonchev–Trinajstić information content (AvgIpc) is 3.57. The van der Waals surface area contributed by atoms with Crippen molar-refractivity contribution >= 4 is 0 Å². The van der Waals surface area contributed by atoms with E-state index >= 15 is 0 Å². The van der Waals surface area contributed by atoms with Gasteiger partial charge in [-0.25, -0.2) is 0 Å². The Bertz CT molecular complexity index is 2520. The molecule has 0 saturated heterocycles. The van der Waals surface area contributed by atoms with E-state index in [1.54, 1.807) is 6.08 Å².